The van der Waals surface area contributed by atoms with E-state index >= 15 is 0 Å². The molecule has 1 aliphatic carbocycles. The summed E-state index contributed by atoms with van der Waals surface area (Å²) in [5.74, 6) is 0. The van der Waals surface area contributed by atoms with E-state index in [4.69, 9.17) is 4.74 Å². The summed E-state index contributed by atoms with van der Waals surface area (Å²) in [6.07, 6.45) is 4.27. The van der Waals surface area contributed by atoms with Crippen LogP contribution in [0.3, 0.4) is 0 Å². The average molecular weight is 309 g/mol. The Hall–Kier alpha value is -2.88. The zero-order valence-electron chi connectivity index (χ0n) is 12.4. The van der Waals surface area contributed by atoms with E-state index in [0.717, 1.165) is 24.1 Å². The Morgan fingerprint density at radius 2 is 2.13 bits per heavy atom. The Kier molecular flexibility index (Phi) is 3.05. The van der Waals surface area contributed by atoms with Gasteiger partial charge in [0.05, 0.1) is 24.6 Å². The quantitative estimate of drug-likeness (QED) is 0.860. The summed E-state index contributed by atoms with van der Waals surface area (Å²) in [5, 5.41) is 13.3. The van der Waals surface area contributed by atoms with E-state index in [1.807, 2.05) is 24.3 Å². The number of carbonyl (C=O) groups is 1. The van der Waals surface area contributed by atoms with Crippen molar-refractivity contribution in [2.75, 3.05) is 11.4 Å². The van der Waals surface area contributed by atoms with Crippen molar-refractivity contribution in [3.05, 3.63) is 42.5 Å². The van der Waals surface area contributed by atoms with Gasteiger partial charge in [0.15, 0.2) is 0 Å². The third-order valence-corrected chi connectivity index (χ3v) is 4.43. The molecule has 4 rings (SSSR count). The second-order valence-corrected chi connectivity index (χ2v) is 5.97. The van der Waals surface area contributed by atoms with E-state index in [0.29, 0.717) is 13.1 Å². The molecule has 1 aliphatic heterocycles. The fourth-order valence-electron chi connectivity index (χ4n) is 2.91. The van der Waals surface area contributed by atoms with E-state index in [1.165, 1.54) is 6.33 Å². The normalized spacial score (nSPS) is 21.8. The number of hydrogen-bond acceptors (Lipinski definition) is 5. The van der Waals surface area contributed by atoms with E-state index in [-0.39, 0.29) is 17.6 Å². The van der Waals surface area contributed by atoms with E-state index in [2.05, 4.69) is 16.2 Å². The van der Waals surface area contributed by atoms with Crippen molar-refractivity contribution < 1.29 is 9.53 Å². The third-order valence-electron chi connectivity index (χ3n) is 4.43. The van der Waals surface area contributed by atoms with E-state index in [1.54, 1.807) is 15.9 Å². The van der Waals surface area contributed by atoms with Crippen molar-refractivity contribution in [2.24, 2.45) is 0 Å². The minimum absolute atomic E-state index is 0.252. The van der Waals surface area contributed by atoms with Gasteiger partial charge in [0.25, 0.3) is 0 Å². The lowest BCUT2D eigenvalue weighted by Gasteiger charge is -2.14. The molecule has 0 spiro atoms. The van der Waals surface area contributed by atoms with Crippen LogP contribution in [0.15, 0.2) is 36.9 Å². The van der Waals surface area contributed by atoms with Gasteiger partial charge in [-0.2, -0.15) is 10.4 Å². The SMILES string of the molecule is N#CC1(c2ccc(N3CC(Cn4cncn4)OC3=O)cc2)CC1. The summed E-state index contributed by atoms with van der Waals surface area (Å²) >= 11 is 0. The Labute approximate surface area is 133 Å². The zero-order valence-corrected chi connectivity index (χ0v) is 12.4. The first kappa shape index (κ1) is 13.8. The third kappa shape index (κ3) is 2.42. The number of hydrogen-bond donors (Lipinski definition) is 0. The molecule has 2 aliphatic rings. The highest BCUT2D eigenvalue weighted by molar-refractivity contribution is 5.89. The molecule has 1 unspecified atom stereocenters. The molecule has 0 bridgehead atoms. The Morgan fingerprint density at radius 1 is 1.35 bits per heavy atom. The molecule has 0 N–H and O–H groups in total. The van der Waals surface area contributed by atoms with Crippen molar-refractivity contribution in [3.8, 4) is 6.07 Å². The van der Waals surface area contributed by atoms with Crippen LogP contribution in [0.5, 0.6) is 0 Å². The molecular formula is C16H15N5O2. The lowest BCUT2D eigenvalue weighted by molar-refractivity contribution is 0.129. The summed E-state index contributed by atoms with van der Waals surface area (Å²) < 4.78 is 7.03. The Bertz CT molecular complexity index is 759. The van der Waals surface area contributed by atoms with Gasteiger partial charge in [-0.25, -0.2) is 14.5 Å². The molecule has 0 radical (unpaired) electrons. The van der Waals surface area contributed by atoms with Gasteiger partial charge in [-0.15, -0.1) is 0 Å². The summed E-state index contributed by atoms with van der Waals surface area (Å²) in [5.41, 5.74) is 1.50. The highest BCUT2D eigenvalue weighted by Gasteiger charge is 2.44. The zero-order chi connectivity index (χ0) is 15.9. The smallest absolute Gasteiger partial charge is 0.414 e. The predicted octanol–water partition coefficient (Wildman–Crippen LogP) is 1.86. The first-order valence-electron chi connectivity index (χ1n) is 7.52. The van der Waals surface area contributed by atoms with Crippen molar-refractivity contribution in [2.45, 2.75) is 30.9 Å². The van der Waals surface area contributed by atoms with Gasteiger partial charge >= 0.3 is 6.09 Å². The van der Waals surface area contributed by atoms with E-state index < -0.39 is 0 Å². The summed E-state index contributed by atoms with van der Waals surface area (Å²) in [4.78, 5) is 17.6. The molecule has 2 aromatic rings. The molecule has 7 nitrogen and oxygen atoms in total. The van der Waals surface area contributed by atoms with Crippen LogP contribution in [-0.4, -0.2) is 33.5 Å². The number of ether oxygens (including phenoxy) is 1. The van der Waals surface area contributed by atoms with E-state index in [9.17, 15) is 10.1 Å². The minimum Gasteiger partial charge on any atom is -0.442 e. The van der Waals surface area contributed by atoms with Crippen molar-refractivity contribution in [1.29, 1.82) is 5.26 Å². The summed E-state index contributed by atoms with van der Waals surface area (Å²) in [6.45, 7) is 0.958. The molecule has 23 heavy (non-hydrogen) atoms. The number of anilines is 1. The standard InChI is InChI=1S/C16H15N5O2/c17-9-16(5-6-16)12-1-3-13(4-2-12)21-8-14(23-15(21)22)7-20-11-18-10-19-20/h1-4,10-11,14H,5-8H2. The predicted molar refractivity (Wildman–Crippen MR) is 80.6 cm³/mol. The van der Waals surface area contributed by atoms with Gasteiger partial charge in [0, 0.05) is 5.69 Å². The molecule has 1 saturated heterocycles. The number of nitrogens with zero attached hydrogens (tertiary/aromatic N) is 5. The molecule has 1 amide bonds. The molecule has 1 atom stereocenters. The van der Waals surface area contributed by atoms with Gasteiger partial charge in [0.2, 0.25) is 0 Å². The van der Waals surface area contributed by atoms with Crippen LogP contribution >= 0.6 is 0 Å². The highest BCUT2D eigenvalue weighted by atomic mass is 16.6. The van der Waals surface area contributed by atoms with Crippen LogP contribution in [0.25, 0.3) is 0 Å². The number of nitriles is 1. The fraction of sp³-hybridized carbons (Fsp3) is 0.375. The van der Waals surface area contributed by atoms with Crippen LogP contribution in [-0.2, 0) is 16.7 Å². The van der Waals surface area contributed by atoms with Crippen LogP contribution in [0.2, 0.25) is 0 Å². The van der Waals surface area contributed by atoms with Gasteiger partial charge in [0.1, 0.15) is 18.8 Å². The largest absolute Gasteiger partial charge is 0.442 e. The number of aromatic nitrogens is 3. The maximum Gasteiger partial charge on any atom is 0.414 e. The number of carbonyl (C=O) groups excluding carboxylic acids is 1. The summed E-state index contributed by atoms with van der Waals surface area (Å²) in [6, 6.07) is 10.0. The molecule has 1 aromatic carbocycles. The molecule has 2 fully saturated rings. The second-order valence-electron chi connectivity index (χ2n) is 5.97. The fourth-order valence-corrected chi connectivity index (χ4v) is 2.91. The average Bonchev–Trinajstić information content (AvgIpc) is 3.05. The molecule has 2 heterocycles. The minimum atomic E-state index is -0.357. The van der Waals surface area contributed by atoms with Gasteiger partial charge in [-0.1, -0.05) is 12.1 Å². The number of rotatable bonds is 4. The Balaban J connectivity index is 1.48. The molecule has 1 aromatic heterocycles. The van der Waals surface area contributed by atoms with Gasteiger partial charge < -0.3 is 4.74 Å². The molecule has 1 saturated carbocycles. The van der Waals surface area contributed by atoms with Crippen molar-refractivity contribution in [1.82, 2.24) is 14.8 Å². The van der Waals surface area contributed by atoms with Gasteiger partial charge in [-0.05, 0) is 30.5 Å². The number of cyclic esters (lactones) is 1. The second kappa shape index (κ2) is 5.09. The first-order chi connectivity index (χ1) is 11.2. The van der Waals surface area contributed by atoms with Crippen LogP contribution in [0, 0.1) is 11.3 Å². The number of amides is 1. The maximum atomic E-state index is 12.1. The van der Waals surface area contributed by atoms with Crippen LogP contribution in [0.4, 0.5) is 10.5 Å². The van der Waals surface area contributed by atoms with Crippen molar-refractivity contribution >= 4 is 11.8 Å². The molecular weight excluding hydrogens is 294 g/mol. The topological polar surface area (TPSA) is 84.0 Å². The lowest BCUT2D eigenvalue weighted by Crippen LogP contribution is -2.26. The monoisotopic (exact) mass is 309 g/mol. The molecule has 7 heteroatoms. The van der Waals surface area contributed by atoms with Crippen molar-refractivity contribution in [3.63, 3.8) is 0 Å². The highest BCUT2D eigenvalue weighted by Crippen LogP contribution is 2.47. The maximum absolute atomic E-state index is 12.1. The van der Waals surface area contributed by atoms with Gasteiger partial charge in [-0.3, -0.25) is 4.90 Å². The van der Waals surface area contributed by atoms with Crippen LogP contribution < -0.4 is 4.90 Å². The summed E-state index contributed by atoms with van der Waals surface area (Å²) in [7, 11) is 0. The van der Waals surface area contributed by atoms with Crippen LogP contribution in [0.1, 0.15) is 18.4 Å². The Morgan fingerprint density at radius 3 is 2.74 bits per heavy atom. The number of benzene rings is 1. The lowest BCUT2D eigenvalue weighted by atomic mass is 9.97. The first-order valence-corrected chi connectivity index (χ1v) is 7.52. The molecule has 116 valence electrons.